The molecular weight excluding hydrogens is 122 g/mol. The van der Waals surface area contributed by atoms with Crippen molar-refractivity contribution >= 4 is 0 Å². The van der Waals surface area contributed by atoms with Gasteiger partial charge in [-0.05, 0) is 24.9 Å². The monoisotopic (exact) mass is 142 g/mol. The fraction of sp³-hybridized carbons (Fsp3) is 0.889. The zero-order valence-corrected chi connectivity index (χ0v) is 7.72. The van der Waals surface area contributed by atoms with E-state index in [1.807, 2.05) is 0 Å². The van der Waals surface area contributed by atoms with Crippen LogP contribution in [0.15, 0.2) is 0 Å². The Morgan fingerprint density at radius 3 is 1.50 bits per heavy atom. The normalized spacial score (nSPS) is 12.0. The fourth-order valence-corrected chi connectivity index (χ4v) is 1.11. The summed E-state index contributed by atoms with van der Waals surface area (Å²) >= 11 is 0. The summed E-state index contributed by atoms with van der Waals surface area (Å²) in [5.74, 6) is 1.47. The van der Waals surface area contributed by atoms with E-state index in [-0.39, 0.29) is 0 Å². The molecule has 0 aliphatic carbocycles. The lowest BCUT2D eigenvalue weighted by Gasteiger charge is -2.28. The van der Waals surface area contributed by atoms with Gasteiger partial charge in [0, 0.05) is 0 Å². The van der Waals surface area contributed by atoms with Crippen LogP contribution in [0.3, 0.4) is 0 Å². The third-order valence-corrected chi connectivity index (χ3v) is 1.25. The molecule has 0 heterocycles. The first-order valence-electron chi connectivity index (χ1n) is 4.07. The largest absolute Gasteiger partial charge is 0.459 e. The van der Waals surface area contributed by atoms with Crippen molar-refractivity contribution in [1.29, 1.82) is 0 Å². The van der Waals surface area contributed by atoms with Crippen LogP contribution in [-0.2, 0) is 0 Å². The first kappa shape index (κ1) is 9.96. The molecule has 0 spiro atoms. The molecule has 0 amide bonds. The summed E-state index contributed by atoms with van der Waals surface area (Å²) in [6, 6.07) is 0. The van der Waals surface area contributed by atoms with E-state index in [2.05, 4.69) is 39.6 Å². The molecule has 1 nitrogen and oxygen atoms in total. The summed E-state index contributed by atoms with van der Waals surface area (Å²) in [6.45, 7) is 11.1. The maximum absolute atomic E-state index is 3.95. The molecule has 0 aromatic carbocycles. The molecule has 62 valence electrons. The maximum atomic E-state index is 3.95. The molecule has 0 aliphatic rings. The summed E-state index contributed by atoms with van der Waals surface area (Å²) in [5, 5.41) is 0. The molecule has 0 radical (unpaired) electrons. The van der Waals surface area contributed by atoms with Gasteiger partial charge in [0.05, 0.1) is 0 Å². The summed E-state index contributed by atoms with van der Waals surface area (Å²) < 4.78 is 0. The quantitative estimate of drug-likeness (QED) is 0.545. The summed E-state index contributed by atoms with van der Waals surface area (Å²) in [6.07, 6.45) is 0. The third kappa shape index (κ3) is 6.09. The van der Waals surface area contributed by atoms with Crippen LogP contribution in [0.5, 0.6) is 0 Å². The Bertz CT molecular complexity index is 66.8. The first-order valence-corrected chi connectivity index (χ1v) is 4.07. The van der Waals surface area contributed by atoms with Crippen LogP contribution in [-0.4, -0.2) is 18.0 Å². The predicted molar refractivity (Wildman–Crippen MR) is 46.6 cm³/mol. The van der Waals surface area contributed by atoms with Gasteiger partial charge in [0.15, 0.2) is 0 Å². The highest BCUT2D eigenvalue weighted by Crippen LogP contribution is 2.00. The topological polar surface area (TPSA) is 3.24 Å². The van der Waals surface area contributed by atoms with Gasteiger partial charge in [0.25, 0.3) is 0 Å². The van der Waals surface area contributed by atoms with Gasteiger partial charge in [-0.25, -0.2) is 0 Å². The molecule has 0 fully saturated rings. The van der Waals surface area contributed by atoms with Crippen LogP contribution in [0.2, 0.25) is 0 Å². The molecule has 0 bridgehead atoms. The van der Waals surface area contributed by atoms with Gasteiger partial charge in [0.1, 0.15) is 0 Å². The van der Waals surface area contributed by atoms with E-state index in [9.17, 15) is 0 Å². The molecular formula is C9H20N-. The Hall–Kier alpha value is -0.0400. The highest BCUT2D eigenvalue weighted by molar-refractivity contribution is 4.59. The molecule has 0 rings (SSSR count). The molecule has 0 saturated heterocycles. The van der Waals surface area contributed by atoms with Crippen LogP contribution in [0.4, 0.5) is 0 Å². The van der Waals surface area contributed by atoms with Crippen molar-refractivity contribution in [2.24, 2.45) is 11.8 Å². The average molecular weight is 142 g/mol. The van der Waals surface area contributed by atoms with E-state index in [0.29, 0.717) is 0 Å². The average Bonchev–Trinajstić information content (AvgIpc) is 1.58. The number of nitrogens with zero attached hydrogens (tertiary/aromatic N) is 1. The molecule has 0 unspecified atom stereocenters. The minimum atomic E-state index is 0.733. The van der Waals surface area contributed by atoms with E-state index in [1.54, 1.807) is 0 Å². The van der Waals surface area contributed by atoms with Crippen LogP contribution in [0.1, 0.15) is 27.7 Å². The minimum Gasteiger partial charge on any atom is -0.459 e. The summed E-state index contributed by atoms with van der Waals surface area (Å²) in [7, 11) is 3.95. The minimum absolute atomic E-state index is 0.733. The molecule has 0 aromatic rings. The SMILES string of the molecule is [CH2-]N(CC(C)C)CC(C)C. The standard InChI is InChI=1S/C9H20N/c1-8(2)6-10(5)7-9(3)4/h8-9H,5-7H2,1-4H3/q-1. The highest BCUT2D eigenvalue weighted by Gasteiger charge is 1.97. The molecule has 0 saturated carbocycles. The number of rotatable bonds is 4. The smallest absolute Gasteiger partial charge is 0.0280 e. The Balaban J connectivity index is 3.34. The van der Waals surface area contributed by atoms with Crippen LogP contribution in [0, 0.1) is 18.9 Å². The van der Waals surface area contributed by atoms with Crippen molar-refractivity contribution in [3.8, 4) is 0 Å². The molecule has 0 atom stereocenters. The van der Waals surface area contributed by atoms with E-state index in [0.717, 1.165) is 24.9 Å². The molecule has 0 N–H and O–H groups in total. The lowest BCUT2D eigenvalue weighted by molar-refractivity contribution is 0.292. The Kier molecular flexibility index (Phi) is 4.71. The number of hydrogen-bond donors (Lipinski definition) is 0. The van der Waals surface area contributed by atoms with Crippen LogP contribution < -0.4 is 0 Å². The molecule has 0 aromatic heterocycles. The van der Waals surface area contributed by atoms with Crippen molar-refractivity contribution in [2.75, 3.05) is 13.1 Å². The maximum Gasteiger partial charge on any atom is -0.0280 e. The summed E-state index contributed by atoms with van der Waals surface area (Å²) in [4.78, 5) is 2.15. The van der Waals surface area contributed by atoms with Crippen molar-refractivity contribution < 1.29 is 0 Å². The number of hydrogen-bond acceptors (Lipinski definition) is 1. The first-order chi connectivity index (χ1) is 4.52. The fourth-order valence-electron chi connectivity index (χ4n) is 1.11. The molecule has 1 heteroatoms. The van der Waals surface area contributed by atoms with Gasteiger partial charge < -0.3 is 4.90 Å². The van der Waals surface area contributed by atoms with Gasteiger partial charge in [-0.3, -0.25) is 7.05 Å². The Morgan fingerprint density at radius 2 is 1.30 bits per heavy atom. The second-order valence-electron chi connectivity index (χ2n) is 3.82. The Morgan fingerprint density at radius 1 is 1.00 bits per heavy atom. The van der Waals surface area contributed by atoms with Crippen LogP contribution >= 0.6 is 0 Å². The van der Waals surface area contributed by atoms with Crippen molar-refractivity contribution in [3.63, 3.8) is 0 Å². The van der Waals surface area contributed by atoms with E-state index < -0.39 is 0 Å². The summed E-state index contributed by atoms with van der Waals surface area (Å²) in [5.41, 5.74) is 0. The van der Waals surface area contributed by atoms with E-state index in [1.165, 1.54) is 0 Å². The van der Waals surface area contributed by atoms with Crippen LogP contribution in [0.25, 0.3) is 0 Å². The van der Waals surface area contributed by atoms with Crippen molar-refractivity contribution in [1.82, 2.24) is 4.90 Å². The van der Waals surface area contributed by atoms with E-state index in [4.69, 9.17) is 0 Å². The van der Waals surface area contributed by atoms with Gasteiger partial charge in [-0.1, -0.05) is 27.7 Å². The van der Waals surface area contributed by atoms with Crippen molar-refractivity contribution in [3.05, 3.63) is 7.05 Å². The van der Waals surface area contributed by atoms with Gasteiger partial charge in [-0.2, -0.15) is 0 Å². The predicted octanol–water partition coefficient (Wildman–Crippen LogP) is 2.39. The second-order valence-corrected chi connectivity index (χ2v) is 3.82. The third-order valence-electron chi connectivity index (χ3n) is 1.25. The zero-order chi connectivity index (χ0) is 8.15. The van der Waals surface area contributed by atoms with E-state index >= 15 is 0 Å². The van der Waals surface area contributed by atoms with Gasteiger partial charge in [0.2, 0.25) is 0 Å². The second kappa shape index (κ2) is 4.73. The lowest BCUT2D eigenvalue weighted by atomic mass is 10.1. The Labute approximate surface area is 65.4 Å². The highest BCUT2D eigenvalue weighted by atomic mass is 15.1. The molecule has 0 aliphatic heterocycles. The van der Waals surface area contributed by atoms with Gasteiger partial charge >= 0.3 is 0 Å². The lowest BCUT2D eigenvalue weighted by Crippen LogP contribution is -2.25. The van der Waals surface area contributed by atoms with Crippen molar-refractivity contribution in [2.45, 2.75) is 27.7 Å². The van der Waals surface area contributed by atoms with Gasteiger partial charge in [-0.15, -0.1) is 0 Å². The molecule has 10 heavy (non-hydrogen) atoms. The zero-order valence-electron chi connectivity index (χ0n) is 7.72.